The summed E-state index contributed by atoms with van der Waals surface area (Å²) in [5.41, 5.74) is -3.90. The van der Waals surface area contributed by atoms with E-state index in [1.165, 1.54) is 54.8 Å². The molecule has 784 valence electrons. The number of ketones is 1. The highest BCUT2D eigenvalue weighted by atomic mass is 35.5. The molecule has 0 bridgehead atoms. The number of fused-ring (bicyclic) bond motifs is 5. The minimum absolute atomic E-state index is 0.0652. The molecule has 14 aliphatic rings. The van der Waals surface area contributed by atoms with Crippen molar-refractivity contribution in [2.45, 2.75) is 425 Å². The summed E-state index contributed by atoms with van der Waals surface area (Å²) in [4.78, 5) is 43.3. The van der Waals surface area contributed by atoms with E-state index in [4.69, 9.17) is 156 Å². The van der Waals surface area contributed by atoms with Gasteiger partial charge in [0.1, 0.15) is 114 Å². The van der Waals surface area contributed by atoms with Crippen LogP contribution < -0.4 is 4.74 Å². The highest BCUT2D eigenvalue weighted by Gasteiger charge is 2.71. The summed E-state index contributed by atoms with van der Waals surface area (Å²) >= 11 is 13.2. The summed E-state index contributed by atoms with van der Waals surface area (Å²) in [6.07, 6.45) is -30.5. The number of aromatic hydroxyl groups is 1. The van der Waals surface area contributed by atoms with E-state index < -0.39 is 285 Å². The molecule has 6 unspecified atom stereocenters. The molecule has 1 aromatic rings. The number of aliphatic hydroxyl groups excluding tert-OH is 5. The fourth-order valence-electron chi connectivity index (χ4n) is 23.2. The lowest BCUT2D eigenvalue weighted by molar-refractivity contribution is -0.575. The van der Waals surface area contributed by atoms with E-state index in [9.17, 15) is 50.1 Å². The number of allylic oxidation sites excluding steroid dienone is 1. The van der Waals surface area contributed by atoms with Gasteiger partial charge in [0, 0.05) is 91.1 Å². The van der Waals surface area contributed by atoms with E-state index in [0.717, 1.165) is 4.74 Å². The first-order chi connectivity index (χ1) is 65.3. The van der Waals surface area contributed by atoms with E-state index in [1.807, 2.05) is 76.2 Å². The molecule has 1 saturated carbocycles. The first-order valence-electron chi connectivity index (χ1n) is 48.9. The standard InChI is InChI=1S/C96H147Cl2NO39/c1-23-57-47(10)83-93(17,138-83)26-24-54(100)41(4)29-53(74(46(9)55(101)30-62(103)125-57)131-88-69(104)42(5)28-44(7)120-88)25-27-99(110)92(16)35-65(123-52(15)84(92)115-22)126-58-31-63(121-50(13)76(58)130-87(108)66-48(11)67(97)70(105)68(98)80(66)112-19)128-73-43(6)33-94(34-56(73)102)134-59-32-64(122-51(14)77(59)136-94)129-75-45(8)49(12)124-89(72(75)107)132-78-60(36-111-18)127-91(81(113-20)71(78)106)133-90-82(114-21)79-61(37-116-90)135-96(137-79)86-85(117-39-118-86)95(109,38-119-96)40(2)3/h24,26-27,40-47,49-53,55-61,63-65,69,71-79,81-86,88-91,101-102,104-107,109H,23,25,28-39H2,1-22H3/b26-24+,99-27?/t41-,42?,43+,44?,45+,46+,47-,49-,50-,51?,52+,53+,55-,56-,57?,58-,59-,60-,61+,63+,64+,65-,69?,71+,72-,73-,74-,75+,76-,77-,78-,79-,81+,82-,83+,84-,85-,86-,88?,89+,90+,91+,92+,93+,94-,95-,96-/m1/s1. The van der Waals surface area contributed by atoms with Gasteiger partial charge in [-0.2, -0.15) is 0 Å². The van der Waals surface area contributed by atoms with Gasteiger partial charge in [-0.3, -0.25) is 9.59 Å². The maximum Gasteiger partial charge on any atom is 0.342 e. The minimum Gasteiger partial charge on any atom is -0.624 e. The number of ether oxygens (including phenoxy) is 28. The number of cyclic esters (lactones) is 1. The van der Waals surface area contributed by atoms with Crippen molar-refractivity contribution in [3.63, 3.8) is 0 Å². The Kier molecular flexibility index (Phi) is 34.3. The largest absolute Gasteiger partial charge is 0.624 e. The highest BCUT2D eigenvalue weighted by molar-refractivity contribution is 6.39. The number of phenols is 1. The number of esters is 2. The molecule has 42 heteroatoms. The Labute approximate surface area is 815 Å². The number of benzene rings is 1. The van der Waals surface area contributed by atoms with Crippen LogP contribution in [0.2, 0.25) is 10.0 Å². The number of halogens is 2. The van der Waals surface area contributed by atoms with Gasteiger partial charge in [-0.05, 0) is 109 Å². The average Bonchev–Trinajstić information content (AvgIpc) is 1.53. The molecule has 0 radical (unpaired) electrons. The average molecular weight is 2010 g/mol. The number of methoxy groups -OCH3 is 5. The number of carbonyl (C=O) groups is 3. The Bertz CT molecular complexity index is 4360. The second kappa shape index (κ2) is 43.8. The summed E-state index contributed by atoms with van der Waals surface area (Å²) in [5, 5.41) is 99.0. The zero-order valence-corrected chi connectivity index (χ0v) is 84.4. The Hall–Kier alpha value is -4.02. The molecule has 0 amide bonds. The second-order valence-electron chi connectivity index (χ2n) is 41.5. The number of rotatable bonds is 25. The third kappa shape index (κ3) is 21.6. The quantitative estimate of drug-likeness (QED) is 0.0132. The van der Waals surface area contributed by atoms with Crippen molar-refractivity contribution in [2.24, 2.45) is 47.3 Å². The van der Waals surface area contributed by atoms with E-state index in [2.05, 4.69) is 0 Å². The molecule has 13 fully saturated rings. The summed E-state index contributed by atoms with van der Waals surface area (Å²) in [5.74, 6) is -9.93. The maximum absolute atomic E-state index is 15.7. The Morgan fingerprint density at radius 2 is 1.30 bits per heavy atom. The van der Waals surface area contributed by atoms with E-state index >= 15 is 5.21 Å². The van der Waals surface area contributed by atoms with Crippen molar-refractivity contribution in [2.75, 3.05) is 62.2 Å². The molecule has 12 saturated heterocycles. The molecule has 40 nitrogen and oxygen atoms in total. The van der Waals surface area contributed by atoms with Crippen molar-refractivity contribution in [1.29, 1.82) is 0 Å². The molecule has 47 atom stereocenters. The van der Waals surface area contributed by atoms with Crippen LogP contribution in [-0.4, -0.2) is 370 Å². The number of phenolic OH excluding ortho intramolecular Hbond substituents is 1. The van der Waals surface area contributed by atoms with E-state index in [1.54, 1.807) is 40.7 Å². The Morgan fingerprint density at radius 3 is 1.99 bits per heavy atom. The first kappa shape index (κ1) is 108. The number of carbonyl (C=O) groups excluding carboxylic acids is 3. The van der Waals surface area contributed by atoms with Crippen LogP contribution in [0.3, 0.4) is 0 Å². The van der Waals surface area contributed by atoms with Crippen LogP contribution in [0.15, 0.2) is 12.2 Å². The molecular formula is C96H147Cl2NO39. The maximum atomic E-state index is 15.7. The monoisotopic (exact) mass is 2010 g/mol. The molecular weight excluding hydrogens is 1860 g/mol. The van der Waals surface area contributed by atoms with Gasteiger partial charge >= 0.3 is 17.9 Å². The summed E-state index contributed by atoms with van der Waals surface area (Å²) in [6.45, 7) is 30.0. The fourth-order valence-corrected chi connectivity index (χ4v) is 23.7. The smallest absolute Gasteiger partial charge is 0.342 e. The van der Waals surface area contributed by atoms with Gasteiger partial charge in [0.25, 0.3) is 0 Å². The lowest BCUT2D eigenvalue weighted by atomic mass is 9.79. The Morgan fingerprint density at radius 1 is 0.609 bits per heavy atom. The molecule has 2 spiro atoms. The van der Waals surface area contributed by atoms with Crippen molar-refractivity contribution in [3.8, 4) is 11.5 Å². The number of hydroxylamine groups is 1. The third-order valence-corrected chi connectivity index (χ3v) is 32.3. The first-order valence-corrected chi connectivity index (χ1v) is 49.7. The summed E-state index contributed by atoms with van der Waals surface area (Å²) < 4.78 is 180. The van der Waals surface area contributed by atoms with Crippen LogP contribution >= 0.6 is 23.2 Å². The SMILES string of the molecule is CCC1OC(=O)C[C@@H](O)[C@H](C)[C@@H](OC2OC(C)CC(C)C2O)[C@@H](CC=[N+]([O-])[C@@]2(C)C[C@@H](O[C@@H]3C[C@H](O[C@H]4[C@H](O)C[C@@]5(C[C@@H]4C)O[C@@H]4C(C)O[C@@H](O[C@H]6[C@@H](C)[C@@H](C)O[C@@H](O[C@H]7[C@H](O)[C@H](OC)[C@H](O[C@@H]8OC[C@@H]9O[C@@]%10(OC[C@@](O)(C(C)C)[C@@H]%11OCO[C@H]%11%10)O[C@H]9[C@H]8OC)O[C@@H]7COC)[C@@H]6O)C[C@H]4O5)O[C@H](C)[C@H]3OC(=O)c3c(C)c(Cl)c(O)c(Cl)c3OC)O[C@@H](C)[C@H]2OC)C[C@@H](C)C(=O)/C=C/[C@]2(C)O[C@H]2[C@@H]1C. The molecule has 1 aromatic carbocycles. The van der Waals surface area contributed by atoms with Gasteiger partial charge in [-0.25, -0.2) is 9.53 Å². The molecule has 15 rings (SSSR count). The van der Waals surface area contributed by atoms with Crippen LogP contribution in [-0.2, 0) is 137 Å². The third-order valence-electron chi connectivity index (χ3n) is 31.4. The van der Waals surface area contributed by atoms with Gasteiger partial charge in [-0.15, -0.1) is 0 Å². The molecule has 7 N–H and O–H groups in total. The van der Waals surface area contributed by atoms with Gasteiger partial charge in [-0.1, -0.05) is 85.5 Å². The van der Waals surface area contributed by atoms with Gasteiger partial charge in [0.2, 0.25) is 5.54 Å². The molecule has 1 aliphatic carbocycles. The van der Waals surface area contributed by atoms with Crippen molar-refractivity contribution in [3.05, 3.63) is 38.5 Å². The van der Waals surface area contributed by atoms with Gasteiger partial charge in [0.05, 0.1) is 118 Å². The highest BCUT2D eigenvalue weighted by Crippen LogP contribution is 2.54. The number of aliphatic hydroxyl groups is 6. The number of epoxide rings is 1. The lowest BCUT2D eigenvalue weighted by Crippen LogP contribution is -2.68. The van der Waals surface area contributed by atoms with Crippen LogP contribution in [0.1, 0.15) is 191 Å². The normalized spacial score (nSPS) is 48.9. The zero-order valence-electron chi connectivity index (χ0n) is 82.9. The van der Waals surface area contributed by atoms with E-state index in [-0.39, 0.29) is 134 Å². The van der Waals surface area contributed by atoms with E-state index in [0.29, 0.717) is 12.8 Å². The summed E-state index contributed by atoms with van der Waals surface area (Å²) in [7, 11) is 6.96. The Balaban J connectivity index is 0.618. The van der Waals surface area contributed by atoms with Gasteiger partial charge in [0.15, 0.2) is 85.5 Å². The van der Waals surface area contributed by atoms with Crippen LogP contribution in [0.5, 0.6) is 11.5 Å². The van der Waals surface area contributed by atoms with Crippen LogP contribution in [0.4, 0.5) is 0 Å². The van der Waals surface area contributed by atoms with Crippen molar-refractivity contribution < 1.29 is 188 Å². The predicted molar refractivity (Wildman–Crippen MR) is 479 cm³/mol. The number of hydrogen-bond acceptors (Lipinski definition) is 39. The fraction of sp³-hybridized carbons (Fsp3) is 0.875. The second-order valence-corrected chi connectivity index (χ2v) is 42.2. The topological polar surface area (TPSA) is 481 Å². The zero-order chi connectivity index (χ0) is 99.9. The van der Waals surface area contributed by atoms with Gasteiger partial charge < -0.3 is 174 Å². The minimum atomic E-state index is -1.78. The lowest BCUT2D eigenvalue weighted by Gasteiger charge is -2.49. The number of hydrogen-bond donors (Lipinski definition) is 7. The molecule has 13 heterocycles. The van der Waals surface area contributed by atoms with Crippen LogP contribution in [0, 0.1) is 59.5 Å². The van der Waals surface area contributed by atoms with Crippen molar-refractivity contribution in [1.82, 2.24) is 0 Å². The summed E-state index contributed by atoms with van der Waals surface area (Å²) in [6, 6.07) is 0. The number of nitrogens with zero attached hydrogens (tertiary/aromatic N) is 1. The molecule has 138 heavy (non-hydrogen) atoms. The van der Waals surface area contributed by atoms with Crippen molar-refractivity contribution >= 4 is 47.1 Å². The predicted octanol–water partition coefficient (Wildman–Crippen LogP) is 6.78. The molecule has 0 aromatic heterocycles. The molecule has 13 aliphatic heterocycles. The van der Waals surface area contributed by atoms with Crippen LogP contribution in [0.25, 0.3) is 0 Å².